The standard InChI is InChI=1S/C22H20N4O3/c1-16(29-26-21-10-6-5-9-20(21)24-25-26)22(27)23-18-11-13-19(14-12-18)28-15-17-7-3-2-4-8-17/h2-14,16H,15H2,1H3,(H,23,27)/t16-/m1/s1. The van der Waals surface area contributed by atoms with Gasteiger partial charge in [-0.05, 0) is 54.1 Å². The zero-order valence-corrected chi connectivity index (χ0v) is 15.9. The van der Waals surface area contributed by atoms with E-state index in [2.05, 4.69) is 15.6 Å². The number of benzene rings is 3. The number of amides is 1. The number of ether oxygens (including phenoxy) is 1. The Bertz CT molecular complexity index is 1090. The second-order valence-corrected chi connectivity index (χ2v) is 6.49. The van der Waals surface area contributed by atoms with Gasteiger partial charge in [-0.1, -0.05) is 47.3 Å². The van der Waals surface area contributed by atoms with E-state index in [0.29, 0.717) is 23.3 Å². The van der Waals surface area contributed by atoms with Crippen molar-refractivity contribution >= 4 is 22.6 Å². The Kier molecular flexibility index (Phi) is 5.38. The molecule has 0 fully saturated rings. The summed E-state index contributed by atoms with van der Waals surface area (Å²) < 4.78 is 5.75. The number of nitrogens with one attached hydrogen (secondary N) is 1. The molecule has 0 radical (unpaired) electrons. The molecule has 0 aliphatic heterocycles. The first-order valence-electron chi connectivity index (χ1n) is 9.24. The first kappa shape index (κ1) is 18.5. The second kappa shape index (κ2) is 8.43. The second-order valence-electron chi connectivity index (χ2n) is 6.49. The number of hydrogen-bond donors (Lipinski definition) is 1. The highest BCUT2D eigenvalue weighted by molar-refractivity contribution is 5.94. The van der Waals surface area contributed by atoms with Crippen molar-refractivity contribution in [1.82, 2.24) is 15.2 Å². The van der Waals surface area contributed by atoms with E-state index in [4.69, 9.17) is 9.57 Å². The van der Waals surface area contributed by atoms with Crippen molar-refractivity contribution in [2.75, 3.05) is 5.32 Å². The molecule has 7 nitrogen and oxygen atoms in total. The molecular weight excluding hydrogens is 368 g/mol. The van der Waals surface area contributed by atoms with E-state index in [1.165, 1.54) is 4.85 Å². The molecule has 0 saturated heterocycles. The van der Waals surface area contributed by atoms with Gasteiger partial charge in [0, 0.05) is 5.69 Å². The van der Waals surface area contributed by atoms with Gasteiger partial charge in [-0.15, -0.1) is 5.10 Å². The number of aromatic nitrogens is 3. The minimum absolute atomic E-state index is 0.289. The summed E-state index contributed by atoms with van der Waals surface area (Å²) in [7, 11) is 0. The molecule has 0 bridgehead atoms. The van der Waals surface area contributed by atoms with Gasteiger partial charge in [0.15, 0.2) is 0 Å². The number of fused-ring (bicyclic) bond motifs is 1. The Morgan fingerprint density at radius 3 is 2.52 bits per heavy atom. The van der Waals surface area contributed by atoms with E-state index in [-0.39, 0.29) is 5.91 Å². The van der Waals surface area contributed by atoms with Crippen LogP contribution in [0.5, 0.6) is 5.75 Å². The summed E-state index contributed by atoms with van der Waals surface area (Å²) in [6, 6.07) is 24.5. The van der Waals surface area contributed by atoms with E-state index < -0.39 is 6.10 Å². The first-order valence-corrected chi connectivity index (χ1v) is 9.24. The van der Waals surface area contributed by atoms with Crippen LogP contribution in [0.4, 0.5) is 5.69 Å². The smallest absolute Gasteiger partial charge is 0.267 e. The summed E-state index contributed by atoms with van der Waals surface area (Å²) in [6.07, 6.45) is -0.755. The molecule has 29 heavy (non-hydrogen) atoms. The molecule has 4 rings (SSSR count). The van der Waals surface area contributed by atoms with Crippen LogP contribution in [0.15, 0.2) is 78.9 Å². The van der Waals surface area contributed by atoms with Crippen LogP contribution in [0.2, 0.25) is 0 Å². The van der Waals surface area contributed by atoms with E-state index in [0.717, 1.165) is 11.3 Å². The quantitative estimate of drug-likeness (QED) is 0.525. The van der Waals surface area contributed by atoms with Crippen LogP contribution in [0.1, 0.15) is 12.5 Å². The lowest BCUT2D eigenvalue weighted by atomic mass is 10.2. The molecular formula is C22H20N4O3. The van der Waals surface area contributed by atoms with Crippen molar-refractivity contribution in [1.29, 1.82) is 0 Å². The normalized spacial score (nSPS) is 11.8. The van der Waals surface area contributed by atoms with Gasteiger partial charge in [0.05, 0.1) is 0 Å². The minimum atomic E-state index is -0.755. The molecule has 1 atom stereocenters. The predicted molar refractivity (Wildman–Crippen MR) is 109 cm³/mol. The maximum atomic E-state index is 12.4. The number of anilines is 1. The van der Waals surface area contributed by atoms with E-state index in [9.17, 15) is 4.79 Å². The predicted octanol–water partition coefficient (Wildman–Crippen LogP) is 3.47. The van der Waals surface area contributed by atoms with Gasteiger partial charge in [-0.2, -0.15) is 0 Å². The summed E-state index contributed by atoms with van der Waals surface area (Å²) in [5, 5.41) is 10.8. The van der Waals surface area contributed by atoms with Gasteiger partial charge < -0.3 is 14.9 Å². The maximum absolute atomic E-state index is 12.4. The number of hydrogen-bond acceptors (Lipinski definition) is 5. The Balaban J connectivity index is 1.33. The fourth-order valence-electron chi connectivity index (χ4n) is 2.74. The fourth-order valence-corrected chi connectivity index (χ4v) is 2.74. The number of rotatable bonds is 7. The number of carbonyl (C=O) groups is 1. The van der Waals surface area contributed by atoms with E-state index in [1.807, 2.05) is 66.7 Å². The highest BCUT2D eigenvalue weighted by atomic mass is 16.7. The molecule has 1 heterocycles. The highest BCUT2D eigenvalue weighted by Crippen LogP contribution is 2.17. The van der Waals surface area contributed by atoms with E-state index >= 15 is 0 Å². The zero-order chi connectivity index (χ0) is 20.1. The Labute approximate surface area is 167 Å². The van der Waals surface area contributed by atoms with Crippen LogP contribution < -0.4 is 14.9 Å². The average Bonchev–Trinajstić information content (AvgIpc) is 3.17. The summed E-state index contributed by atoms with van der Waals surface area (Å²) in [5.41, 5.74) is 3.15. The largest absolute Gasteiger partial charge is 0.489 e. The number of carbonyl (C=O) groups excluding carboxylic acids is 1. The van der Waals surface area contributed by atoms with Crippen LogP contribution in [-0.4, -0.2) is 27.2 Å². The van der Waals surface area contributed by atoms with Crippen LogP contribution >= 0.6 is 0 Å². The maximum Gasteiger partial charge on any atom is 0.267 e. The summed E-state index contributed by atoms with van der Waals surface area (Å²) in [4.78, 5) is 19.3. The molecule has 146 valence electrons. The molecule has 1 N–H and O–H groups in total. The third-order valence-electron chi connectivity index (χ3n) is 4.32. The molecule has 3 aromatic carbocycles. The Morgan fingerprint density at radius 1 is 1.00 bits per heavy atom. The van der Waals surface area contributed by atoms with Crippen molar-refractivity contribution < 1.29 is 14.4 Å². The van der Waals surface area contributed by atoms with Crippen molar-refractivity contribution in [3.05, 3.63) is 84.4 Å². The van der Waals surface area contributed by atoms with Crippen molar-refractivity contribution in [3.8, 4) is 5.75 Å². The molecule has 4 aromatic rings. The van der Waals surface area contributed by atoms with Gasteiger partial charge in [-0.3, -0.25) is 4.79 Å². The Morgan fingerprint density at radius 2 is 1.72 bits per heavy atom. The summed E-state index contributed by atoms with van der Waals surface area (Å²) in [6.45, 7) is 2.15. The average molecular weight is 388 g/mol. The lowest BCUT2D eigenvalue weighted by molar-refractivity contribution is -0.127. The van der Waals surface area contributed by atoms with Gasteiger partial charge in [0.25, 0.3) is 5.91 Å². The van der Waals surface area contributed by atoms with Crippen molar-refractivity contribution in [2.45, 2.75) is 19.6 Å². The number of nitrogens with zero attached hydrogens (tertiary/aromatic N) is 3. The molecule has 7 heteroatoms. The molecule has 0 unspecified atom stereocenters. The Hall–Kier alpha value is -3.87. The van der Waals surface area contributed by atoms with Gasteiger partial charge in [-0.25, -0.2) is 0 Å². The molecule has 1 aromatic heterocycles. The topological polar surface area (TPSA) is 78.3 Å². The molecule has 0 aliphatic rings. The SMILES string of the molecule is C[C@@H](On1nnc2ccccc21)C(=O)Nc1ccc(OCc2ccccc2)cc1. The third-order valence-corrected chi connectivity index (χ3v) is 4.32. The monoisotopic (exact) mass is 388 g/mol. The van der Waals surface area contributed by atoms with Crippen LogP contribution in [-0.2, 0) is 11.4 Å². The summed E-state index contributed by atoms with van der Waals surface area (Å²) in [5.74, 6) is 0.438. The van der Waals surface area contributed by atoms with Gasteiger partial charge in [0.1, 0.15) is 23.4 Å². The lowest BCUT2D eigenvalue weighted by Crippen LogP contribution is -2.35. The molecule has 0 spiro atoms. The van der Waals surface area contributed by atoms with Crippen molar-refractivity contribution in [3.63, 3.8) is 0 Å². The van der Waals surface area contributed by atoms with Crippen LogP contribution in [0.3, 0.4) is 0 Å². The molecule has 1 amide bonds. The first-order chi connectivity index (χ1) is 14.2. The van der Waals surface area contributed by atoms with Crippen molar-refractivity contribution in [2.24, 2.45) is 0 Å². The van der Waals surface area contributed by atoms with Crippen LogP contribution in [0, 0.1) is 0 Å². The van der Waals surface area contributed by atoms with E-state index in [1.54, 1.807) is 19.1 Å². The highest BCUT2D eigenvalue weighted by Gasteiger charge is 2.17. The third kappa shape index (κ3) is 4.52. The molecule has 0 aliphatic carbocycles. The van der Waals surface area contributed by atoms with Gasteiger partial charge >= 0.3 is 0 Å². The fraction of sp³-hybridized carbons (Fsp3) is 0.136. The lowest BCUT2D eigenvalue weighted by Gasteiger charge is -2.14. The van der Waals surface area contributed by atoms with Gasteiger partial charge in [0.2, 0.25) is 6.10 Å². The number of para-hydroxylation sites is 1. The minimum Gasteiger partial charge on any atom is -0.489 e. The summed E-state index contributed by atoms with van der Waals surface area (Å²) >= 11 is 0. The molecule has 0 saturated carbocycles. The zero-order valence-electron chi connectivity index (χ0n) is 15.9. The van der Waals surface area contributed by atoms with Crippen LogP contribution in [0.25, 0.3) is 11.0 Å².